The Kier molecular flexibility index (Phi) is 4.15. The smallest absolute Gasteiger partial charge is 0.177 e. The van der Waals surface area contributed by atoms with Crippen LogP contribution in [0.2, 0.25) is 0 Å². The summed E-state index contributed by atoms with van der Waals surface area (Å²) >= 11 is 0. The first-order valence-corrected chi connectivity index (χ1v) is 6.57. The maximum Gasteiger partial charge on any atom is 0.177 e. The van der Waals surface area contributed by atoms with E-state index >= 15 is 0 Å². The zero-order valence-corrected chi connectivity index (χ0v) is 11.1. The Balaban J connectivity index is 1.98. The summed E-state index contributed by atoms with van der Waals surface area (Å²) in [6.45, 7) is 5.94. The molecule has 98 valence electrons. The molecule has 3 heteroatoms. The molecule has 2 unspecified atom stereocenters. The molecule has 2 atom stereocenters. The lowest BCUT2D eigenvalue weighted by Crippen LogP contribution is -2.44. The van der Waals surface area contributed by atoms with Crippen molar-refractivity contribution in [1.29, 1.82) is 0 Å². The largest absolute Gasteiger partial charge is 0.392 e. The van der Waals surface area contributed by atoms with Gasteiger partial charge < -0.3 is 5.11 Å². The maximum atomic E-state index is 12.2. The van der Waals surface area contributed by atoms with Gasteiger partial charge in [-0.3, -0.25) is 9.69 Å². The normalized spacial score (nSPS) is 25.1. The van der Waals surface area contributed by atoms with Crippen LogP contribution < -0.4 is 0 Å². The SMILES string of the molecule is Cc1ccccc1C(=O)CN1CCC(C)C(O)C1. The second-order valence-electron chi connectivity index (χ2n) is 5.31. The van der Waals surface area contributed by atoms with Crippen molar-refractivity contribution in [2.75, 3.05) is 19.6 Å². The third-order valence-corrected chi connectivity index (χ3v) is 3.82. The molecule has 0 bridgehead atoms. The van der Waals surface area contributed by atoms with Crippen LogP contribution in [0.1, 0.15) is 29.3 Å². The number of likely N-dealkylation sites (tertiary alicyclic amines) is 1. The van der Waals surface area contributed by atoms with E-state index in [1.54, 1.807) is 0 Å². The number of aliphatic hydroxyl groups excluding tert-OH is 1. The van der Waals surface area contributed by atoms with Crippen LogP contribution in [0.25, 0.3) is 0 Å². The fraction of sp³-hybridized carbons (Fsp3) is 0.533. The summed E-state index contributed by atoms with van der Waals surface area (Å²) in [5.41, 5.74) is 1.82. The van der Waals surface area contributed by atoms with Crippen LogP contribution in [0.3, 0.4) is 0 Å². The number of benzene rings is 1. The quantitative estimate of drug-likeness (QED) is 0.829. The van der Waals surface area contributed by atoms with Crippen molar-refractivity contribution < 1.29 is 9.90 Å². The minimum atomic E-state index is -0.302. The van der Waals surface area contributed by atoms with E-state index in [0.29, 0.717) is 19.0 Å². The Hall–Kier alpha value is -1.19. The number of β-amino-alcohol motifs (C(OH)–C–C–N with tert-alkyl or cyclic N) is 1. The molecular weight excluding hydrogens is 226 g/mol. The zero-order valence-electron chi connectivity index (χ0n) is 11.1. The number of Topliss-reactive ketones (excluding diaryl/α,β-unsaturated/α-hetero) is 1. The number of carbonyl (C=O) groups is 1. The summed E-state index contributed by atoms with van der Waals surface area (Å²) in [6.07, 6.45) is 0.658. The average molecular weight is 247 g/mol. The second-order valence-corrected chi connectivity index (χ2v) is 5.31. The van der Waals surface area contributed by atoms with Crippen LogP contribution in [0.15, 0.2) is 24.3 Å². The van der Waals surface area contributed by atoms with Crippen molar-refractivity contribution in [3.8, 4) is 0 Å². The summed E-state index contributed by atoms with van der Waals surface area (Å²) < 4.78 is 0. The number of hydrogen-bond acceptors (Lipinski definition) is 3. The summed E-state index contributed by atoms with van der Waals surface area (Å²) in [7, 11) is 0. The highest BCUT2D eigenvalue weighted by molar-refractivity contribution is 5.98. The van der Waals surface area contributed by atoms with Gasteiger partial charge in [-0.1, -0.05) is 31.2 Å². The Labute approximate surface area is 108 Å². The molecule has 1 aliphatic heterocycles. The van der Waals surface area contributed by atoms with Gasteiger partial charge in [0.15, 0.2) is 5.78 Å². The average Bonchev–Trinajstić information content (AvgIpc) is 2.34. The molecule has 0 spiro atoms. The lowest BCUT2D eigenvalue weighted by molar-refractivity contribution is 0.0294. The predicted molar refractivity (Wildman–Crippen MR) is 71.7 cm³/mol. The molecule has 1 heterocycles. The Morgan fingerprint density at radius 3 is 2.83 bits per heavy atom. The van der Waals surface area contributed by atoms with Gasteiger partial charge in [0.25, 0.3) is 0 Å². The molecule has 1 N–H and O–H groups in total. The minimum absolute atomic E-state index is 0.148. The van der Waals surface area contributed by atoms with E-state index in [2.05, 4.69) is 11.8 Å². The van der Waals surface area contributed by atoms with Gasteiger partial charge in [0.05, 0.1) is 12.6 Å². The molecule has 0 amide bonds. The van der Waals surface area contributed by atoms with Gasteiger partial charge in [-0.25, -0.2) is 0 Å². The number of nitrogens with zero attached hydrogens (tertiary/aromatic N) is 1. The van der Waals surface area contributed by atoms with Gasteiger partial charge in [-0.05, 0) is 31.4 Å². The van der Waals surface area contributed by atoms with Gasteiger partial charge in [-0.15, -0.1) is 0 Å². The van der Waals surface area contributed by atoms with E-state index in [4.69, 9.17) is 0 Å². The minimum Gasteiger partial charge on any atom is -0.392 e. The van der Waals surface area contributed by atoms with Crippen molar-refractivity contribution in [2.24, 2.45) is 5.92 Å². The Morgan fingerprint density at radius 1 is 1.44 bits per heavy atom. The van der Waals surface area contributed by atoms with E-state index in [9.17, 15) is 9.90 Å². The summed E-state index contributed by atoms with van der Waals surface area (Å²) in [6, 6.07) is 7.67. The predicted octanol–water partition coefficient (Wildman–Crippen LogP) is 1.88. The molecule has 0 radical (unpaired) electrons. The number of hydrogen-bond donors (Lipinski definition) is 1. The zero-order chi connectivity index (χ0) is 13.1. The van der Waals surface area contributed by atoms with Gasteiger partial charge >= 0.3 is 0 Å². The van der Waals surface area contributed by atoms with Crippen molar-refractivity contribution in [1.82, 2.24) is 4.90 Å². The van der Waals surface area contributed by atoms with Crippen molar-refractivity contribution in [3.05, 3.63) is 35.4 Å². The van der Waals surface area contributed by atoms with E-state index in [1.165, 1.54) is 0 Å². The van der Waals surface area contributed by atoms with Crippen LogP contribution in [0.5, 0.6) is 0 Å². The molecule has 0 aromatic heterocycles. The standard InChI is InChI=1S/C15H21NO2/c1-11-5-3-4-6-13(11)15(18)10-16-8-7-12(2)14(17)9-16/h3-6,12,14,17H,7-10H2,1-2H3. The first-order chi connectivity index (χ1) is 8.58. The lowest BCUT2D eigenvalue weighted by Gasteiger charge is -2.33. The Morgan fingerprint density at radius 2 is 2.17 bits per heavy atom. The number of aryl methyl sites for hydroxylation is 1. The summed E-state index contributed by atoms with van der Waals surface area (Å²) in [4.78, 5) is 14.3. The van der Waals surface area contributed by atoms with E-state index in [1.807, 2.05) is 31.2 Å². The lowest BCUT2D eigenvalue weighted by atomic mass is 9.95. The molecular formula is C15H21NO2. The van der Waals surface area contributed by atoms with Gasteiger partial charge in [0.2, 0.25) is 0 Å². The first-order valence-electron chi connectivity index (χ1n) is 6.57. The molecule has 1 saturated heterocycles. The summed E-state index contributed by atoms with van der Waals surface area (Å²) in [5, 5.41) is 9.83. The molecule has 0 aliphatic carbocycles. The number of carbonyl (C=O) groups excluding carboxylic acids is 1. The Bertz CT molecular complexity index is 430. The molecule has 0 saturated carbocycles. The van der Waals surface area contributed by atoms with E-state index < -0.39 is 0 Å². The van der Waals surface area contributed by atoms with Crippen molar-refractivity contribution in [3.63, 3.8) is 0 Å². The van der Waals surface area contributed by atoms with Crippen LogP contribution in [-0.4, -0.2) is 41.5 Å². The topological polar surface area (TPSA) is 40.5 Å². The molecule has 1 aromatic carbocycles. The van der Waals surface area contributed by atoms with E-state index in [0.717, 1.165) is 24.1 Å². The van der Waals surface area contributed by atoms with Gasteiger partial charge in [0.1, 0.15) is 0 Å². The molecule has 1 aliphatic rings. The summed E-state index contributed by atoms with van der Waals surface area (Å²) in [5.74, 6) is 0.490. The molecule has 1 aromatic rings. The highest BCUT2D eigenvalue weighted by Gasteiger charge is 2.25. The highest BCUT2D eigenvalue weighted by Crippen LogP contribution is 2.17. The number of rotatable bonds is 3. The fourth-order valence-corrected chi connectivity index (χ4v) is 2.43. The number of piperidine rings is 1. The number of ketones is 1. The first kappa shape index (κ1) is 13.2. The third-order valence-electron chi connectivity index (χ3n) is 3.82. The van der Waals surface area contributed by atoms with Crippen molar-refractivity contribution in [2.45, 2.75) is 26.4 Å². The number of aliphatic hydroxyl groups is 1. The van der Waals surface area contributed by atoms with E-state index in [-0.39, 0.29) is 11.9 Å². The van der Waals surface area contributed by atoms with Crippen molar-refractivity contribution >= 4 is 5.78 Å². The maximum absolute atomic E-state index is 12.2. The van der Waals surface area contributed by atoms with Crippen LogP contribution in [0.4, 0.5) is 0 Å². The van der Waals surface area contributed by atoms with Gasteiger partial charge in [0, 0.05) is 12.1 Å². The molecule has 3 nitrogen and oxygen atoms in total. The fourth-order valence-electron chi connectivity index (χ4n) is 2.43. The molecule has 18 heavy (non-hydrogen) atoms. The van der Waals surface area contributed by atoms with Crippen LogP contribution >= 0.6 is 0 Å². The second kappa shape index (κ2) is 5.63. The third kappa shape index (κ3) is 2.98. The van der Waals surface area contributed by atoms with Crippen LogP contribution in [0, 0.1) is 12.8 Å². The van der Waals surface area contributed by atoms with Crippen LogP contribution in [-0.2, 0) is 0 Å². The van der Waals surface area contributed by atoms with Gasteiger partial charge in [-0.2, -0.15) is 0 Å². The highest BCUT2D eigenvalue weighted by atomic mass is 16.3. The monoisotopic (exact) mass is 247 g/mol. The molecule has 1 fully saturated rings. The molecule has 2 rings (SSSR count).